The van der Waals surface area contributed by atoms with E-state index in [0.29, 0.717) is 22.2 Å². The van der Waals surface area contributed by atoms with Gasteiger partial charge in [0.1, 0.15) is 6.33 Å². The summed E-state index contributed by atoms with van der Waals surface area (Å²) in [4.78, 5) is 17.1. The van der Waals surface area contributed by atoms with Crippen LogP contribution in [0.25, 0.3) is 11.2 Å². The minimum absolute atomic E-state index is 0.230. The normalized spacial score (nSPS) is 11.2. The Hall–Kier alpha value is -2.70. The van der Waals surface area contributed by atoms with Crippen LogP contribution in [0.1, 0.15) is 11.1 Å². The summed E-state index contributed by atoms with van der Waals surface area (Å²) in [6, 6.07) is 15.0. The van der Waals surface area contributed by atoms with Crippen molar-refractivity contribution in [3.63, 3.8) is 0 Å². The summed E-state index contributed by atoms with van der Waals surface area (Å²) in [5.74, 6) is 0. The Morgan fingerprint density at radius 2 is 1.81 bits per heavy atom. The molecule has 0 saturated carbocycles. The van der Waals surface area contributed by atoms with Gasteiger partial charge < -0.3 is 0 Å². The molecule has 0 saturated heterocycles. The first-order valence-electron chi connectivity index (χ1n) is 7.88. The molecular formula is C18H13Cl2N5O. The molecule has 4 rings (SSSR count). The molecule has 0 spiro atoms. The third-order valence-corrected chi connectivity index (χ3v) is 4.61. The predicted octanol–water partition coefficient (Wildman–Crippen LogP) is 3.39. The van der Waals surface area contributed by atoms with Gasteiger partial charge in [0.05, 0.1) is 13.1 Å². The average Bonchev–Trinajstić information content (AvgIpc) is 3.04. The van der Waals surface area contributed by atoms with Crippen LogP contribution >= 0.6 is 23.2 Å². The summed E-state index contributed by atoms with van der Waals surface area (Å²) in [6.07, 6.45) is 1.49. The van der Waals surface area contributed by atoms with Gasteiger partial charge in [-0.3, -0.25) is 9.36 Å². The fraction of sp³-hybridized carbons (Fsp3) is 0.111. The van der Waals surface area contributed by atoms with Gasteiger partial charge in [-0.1, -0.05) is 64.8 Å². The van der Waals surface area contributed by atoms with E-state index in [-0.39, 0.29) is 17.6 Å². The second kappa shape index (κ2) is 6.90. The van der Waals surface area contributed by atoms with Gasteiger partial charge in [0.2, 0.25) is 0 Å². The Kier molecular flexibility index (Phi) is 4.44. The molecule has 0 N–H and O–H groups in total. The first kappa shape index (κ1) is 16.8. The second-order valence-electron chi connectivity index (χ2n) is 5.82. The molecular weight excluding hydrogens is 373 g/mol. The van der Waals surface area contributed by atoms with Crippen LogP contribution in [0, 0.1) is 0 Å². The second-order valence-corrected chi connectivity index (χ2v) is 6.66. The van der Waals surface area contributed by atoms with Crippen molar-refractivity contribution in [2.24, 2.45) is 0 Å². The smallest absolute Gasteiger partial charge is 0.283 e. The van der Waals surface area contributed by atoms with Crippen molar-refractivity contribution >= 4 is 34.4 Å². The number of aromatic nitrogens is 5. The van der Waals surface area contributed by atoms with Crippen molar-refractivity contribution in [1.82, 2.24) is 24.5 Å². The number of nitrogens with zero attached hydrogens (tertiary/aromatic N) is 5. The van der Waals surface area contributed by atoms with Gasteiger partial charge in [-0.05, 0) is 23.3 Å². The highest BCUT2D eigenvalue weighted by Crippen LogP contribution is 2.21. The lowest BCUT2D eigenvalue weighted by Crippen LogP contribution is -2.21. The van der Waals surface area contributed by atoms with Gasteiger partial charge in [0, 0.05) is 10.0 Å². The minimum Gasteiger partial charge on any atom is -0.293 e. The molecule has 2 aromatic carbocycles. The molecule has 0 radical (unpaired) electrons. The Labute approximate surface area is 158 Å². The van der Waals surface area contributed by atoms with Crippen LogP contribution in [-0.4, -0.2) is 24.5 Å². The van der Waals surface area contributed by atoms with Crippen LogP contribution < -0.4 is 5.56 Å². The number of rotatable bonds is 4. The molecule has 6 nitrogen and oxygen atoms in total. The van der Waals surface area contributed by atoms with Crippen LogP contribution in [-0.2, 0) is 13.1 Å². The molecule has 0 unspecified atom stereocenters. The van der Waals surface area contributed by atoms with Gasteiger partial charge >= 0.3 is 0 Å². The van der Waals surface area contributed by atoms with Crippen LogP contribution in [0.3, 0.4) is 0 Å². The van der Waals surface area contributed by atoms with Crippen molar-refractivity contribution in [2.45, 2.75) is 13.1 Å². The fourth-order valence-electron chi connectivity index (χ4n) is 2.70. The minimum atomic E-state index is -0.264. The lowest BCUT2D eigenvalue weighted by atomic mass is 10.2. The molecule has 0 aliphatic carbocycles. The monoisotopic (exact) mass is 385 g/mol. The number of fused-ring (bicyclic) bond motifs is 1. The van der Waals surface area contributed by atoms with Crippen LogP contribution in [0.4, 0.5) is 0 Å². The van der Waals surface area contributed by atoms with Crippen molar-refractivity contribution < 1.29 is 0 Å². The molecule has 0 aliphatic rings. The number of hydrogen-bond acceptors (Lipinski definition) is 4. The van der Waals surface area contributed by atoms with Gasteiger partial charge in [-0.15, -0.1) is 5.10 Å². The van der Waals surface area contributed by atoms with Gasteiger partial charge in [0.25, 0.3) is 5.56 Å². The third kappa shape index (κ3) is 3.21. The molecule has 0 aliphatic heterocycles. The lowest BCUT2D eigenvalue weighted by molar-refractivity contribution is 0.663. The van der Waals surface area contributed by atoms with Gasteiger partial charge in [-0.25, -0.2) is 9.67 Å². The Bertz CT molecular complexity index is 1140. The van der Waals surface area contributed by atoms with Crippen LogP contribution in [0.5, 0.6) is 0 Å². The van der Waals surface area contributed by atoms with E-state index >= 15 is 0 Å². The zero-order valence-electron chi connectivity index (χ0n) is 13.5. The first-order chi connectivity index (χ1) is 12.6. The summed E-state index contributed by atoms with van der Waals surface area (Å²) in [6.45, 7) is 0.778. The maximum Gasteiger partial charge on any atom is 0.283 e. The van der Waals surface area contributed by atoms with Crippen LogP contribution in [0.15, 0.2) is 59.7 Å². The third-order valence-electron chi connectivity index (χ3n) is 4.02. The Balaban J connectivity index is 1.69. The molecule has 0 fully saturated rings. The van der Waals surface area contributed by atoms with E-state index in [4.69, 9.17) is 23.2 Å². The maximum absolute atomic E-state index is 12.7. The van der Waals surface area contributed by atoms with E-state index in [0.717, 1.165) is 11.1 Å². The standard InChI is InChI=1S/C18H13Cl2N5O/c19-14-7-6-13(15(20)8-14)10-24-11-21-17-16(18(24)26)22-23-25(17)9-12-4-2-1-3-5-12/h1-8,11H,9-10H2. The highest BCUT2D eigenvalue weighted by molar-refractivity contribution is 6.35. The molecule has 130 valence electrons. The fourth-order valence-corrected chi connectivity index (χ4v) is 3.16. The largest absolute Gasteiger partial charge is 0.293 e. The highest BCUT2D eigenvalue weighted by Gasteiger charge is 2.13. The summed E-state index contributed by atoms with van der Waals surface area (Å²) in [7, 11) is 0. The molecule has 8 heteroatoms. The SMILES string of the molecule is O=c1c2nnn(Cc3ccccc3)c2ncn1Cc1ccc(Cl)cc1Cl. The Morgan fingerprint density at radius 3 is 2.58 bits per heavy atom. The number of hydrogen-bond donors (Lipinski definition) is 0. The topological polar surface area (TPSA) is 65.6 Å². The molecule has 2 heterocycles. The Morgan fingerprint density at radius 1 is 1.00 bits per heavy atom. The number of halogens is 2. The molecule has 0 bridgehead atoms. The number of benzene rings is 2. The first-order valence-corrected chi connectivity index (χ1v) is 8.64. The summed E-state index contributed by atoms with van der Waals surface area (Å²) >= 11 is 12.1. The molecule has 2 aromatic heterocycles. The maximum atomic E-state index is 12.7. The van der Waals surface area contributed by atoms with E-state index in [1.54, 1.807) is 22.9 Å². The van der Waals surface area contributed by atoms with E-state index in [1.165, 1.54) is 10.9 Å². The van der Waals surface area contributed by atoms with E-state index in [2.05, 4.69) is 15.3 Å². The van der Waals surface area contributed by atoms with Crippen LogP contribution in [0.2, 0.25) is 10.0 Å². The van der Waals surface area contributed by atoms with E-state index in [1.807, 2.05) is 30.3 Å². The quantitative estimate of drug-likeness (QED) is 0.539. The molecule has 0 amide bonds. The zero-order chi connectivity index (χ0) is 18.1. The summed E-state index contributed by atoms with van der Waals surface area (Å²) < 4.78 is 3.07. The predicted molar refractivity (Wildman–Crippen MR) is 101 cm³/mol. The highest BCUT2D eigenvalue weighted by atomic mass is 35.5. The zero-order valence-corrected chi connectivity index (χ0v) is 15.0. The molecule has 26 heavy (non-hydrogen) atoms. The van der Waals surface area contributed by atoms with Crippen molar-refractivity contribution in [1.29, 1.82) is 0 Å². The summed E-state index contributed by atoms with van der Waals surface area (Å²) in [5.41, 5.74) is 2.25. The van der Waals surface area contributed by atoms with E-state index in [9.17, 15) is 4.79 Å². The summed E-state index contributed by atoms with van der Waals surface area (Å²) in [5, 5.41) is 9.13. The van der Waals surface area contributed by atoms with Gasteiger partial charge in [-0.2, -0.15) is 0 Å². The van der Waals surface area contributed by atoms with E-state index < -0.39 is 0 Å². The van der Waals surface area contributed by atoms with Crippen molar-refractivity contribution in [2.75, 3.05) is 0 Å². The lowest BCUT2D eigenvalue weighted by Gasteiger charge is -2.07. The van der Waals surface area contributed by atoms with Crippen molar-refractivity contribution in [3.8, 4) is 0 Å². The van der Waals surface area contributed by atoms with Gasteiger partial charge in [0.15, 0.2) is 11.2 Å². The van der Waals surface area contributed by atoms with Crippen molar-refractivity contribution in [3.05, 3.63) is 86.4 Å². The molecule has 0 atom stereocenters. The molecule has 4 aromatic rings. The average molecular weight is 386 g/mol.